The van der Waals surface area contributed by atoms with Crippen molar-refractivity contribution in [1.29, 1.82) is 5.26 Å². The first kappa shape index (κ1) is 23.5. The molecule has 1 saturated heterocycles. The molecule has 0 N–H and O–H groups in total. The number of aromatic nitrogens is 1. The first-order valence-corrected chi connectivity index (χ1v) is 12.0. The van der Waals surface area contributed by atoms with E-state index < -0.39 is 5.60 Å². The maximum atomic E-state index is 12.4. The number of fused-ring (bicyclic) bond motifs is 1. The third-order valence-corrected chi connectivity index (χ3v) is 6.76. The molecule has 3 aromatic rings. The predicted octanol–water partition coefficient (Wildman–Crippen LogP) is 5.99. The summed E-state index contributed by atoms with van der Waals surface area (Å²) in [5, 5.41) is 9.72. The van der Waals surface area contributed by atoms with Gasteiger partial charge in [-0.2, -0.15) is 5.26 Å². The third kappa shape index (κ3) is 5.29. The molecule has 0 saturated carbocycles. The van der Waals surface area contributed by atoms with E-state index in [1.165, 1.54) is 0 Å². The van der Waals surface area contributed by atoms with Gasteiger partial charge in [0.05, 0.1) is 11.5 Å². The van der Waals surface area contributed by atoms with Crippen molar-refractivity contribution in [3.05, 3.63) is 51.5 Å². The zero-order chi connectivity index (χ0) is 23.8. The van der Waals surface area contributed by atoms with Crippen molar-refractivity contribution >= 4 is 33.0 Å². The number of piperidine rings is 1. The third-order valence-electron chi connectivity index (χ3n) is 5.90. The number of oxazole rings is 1. The van der Waals surface area contributed by atoms with E-state index in [9.17, 15) is 10.1 Å². The molecule has 2 aromatic carbocycles. The fourth-order valence-corrected chi connectivity index (χ4v) is 4.56. The van der Waals surface area contributed by atoms with Crippen molar-refractivity contribution in [2.75, 3.05) is 13.1 Å². The number of esters is 1. The summed E-state index contributed by atoms with van der Waals surface area (Å²) in [7, 11) is 0. The summed E-state index contributed by atoms with van der Waals surface area (Å²) < 4.78 is 12.6. The molecule has 2 heterocycles. The number of nitrogens with zero attached hydrogens (tertiary/aromatic N) is 3. The molecule has 1 aliphatic heterocycles. The molecule has 0 amide bonds. The molecule has 0 aliphatic carbocycles. The molecule has 1 fully saturated rings. The van der Waals surface area contributed by atoms with Gasteiger partial charge in [-0.05, 0) is 89.0 Å². The van der Waals surface area contributed by atoms with Gasteiger partial charge in [0, 0.05) is 16.6 Å². The van der Waals surface area contributed by atoms with E-state index in [2.05, 4.69) is 26.9 Å². The Kier molecular flexibility index (Phi) is 6.60. The highest BCUT2D eigenvalue weighted by atomic mass is 79.9. The molecule has 7 heteroatoms. The van der Waals surface area contributed by atoms with Crippen molar-refractivity contribution < 1.29 is 13.9 Å². The molecule has 0 atom stereocenters. The summed E-state index contributed by atoms with van der Waals surface area (Å²) in [4.78, 5) is 19.4. The lowest BCUT2D eigenvalue weighted by Crippen LogP contribution is -2.38. The lowest BCUT2D eigenvalue weighted by atomic mass is 9.96. The van der Waals surface area contributed by atoms with Crippen LogP contribution in [0.2, 0.25) is 0 Å². The molecule has 0 radical (unpaired) electrons. The van der Waals surface area contributed by atoms with Gasteiger partial charge in [0.1, 0.15) is 17.2 Å². The molecule has 4 rings (SSSR count). The van der Waals surface area contributed by atoms with Gasteiger partial charge in [-0.3, -0.25) is 9.69 Å². The normalized spacial score (nSPS) is 15.5. The number of ether oxygens (including phenoxy) is 1. The van der Waals surface area contributed by atoms with E-state index in [4.69, 9.17) is 14.1 Å². The van der Waals surface area contributed by atoms with Gasteiger partial charge in [0.2, 0.25) is 5.89 Å². The molecule has 172 valence electrons. The van der Waals surface area contributed by atoms with Gasteiger partial charge in [-0.1, -0.05) is 22.0 Å². The molecule has 0 spiro atoms. The van der Waals surface area contributed by atoms with Crippen LogP contribution in [0, 0.1) is 24.2 Å². The fourth-order valence-electron chi connectivity index (χ4n) is 4.19. The van der Waals surface area contributed by atoms with Crippen LogP contribution in [0.25, 0.3) is 22.6 Å². The monoisotopic (exact) mass is 509 g/mol. The molecule has 1 aromatic heterocycles. The van der Waals surface area contributed by atoms with E-state index in [0.29, 0.717) is 29.1 Å². The average Bonchev–Trinajstić information content (AvgIpc) is 3.18. The number of benzene rings is 2. The zero-order valence-electron chi connectivity index (χ0n) is 19.4. The van der Waals surface area contributed by atoms with Crippen molar-refractivity contribution in [1.82, 2.24) is 9.88 Å². The number of hydrogen-bond acceptors (Lipinski definition) is 6. The van der Waals surface area contributed by atoms with Crippen LogP contribution >= 0.6 is 15.9 Å². The summed E-state index contributed by atoms with van der Waals surface area (Å²) in [6.07, 6.45) is 1.55. The van der Waals surface area contributed by atoms with Crippen LogP contribution in [0.3, 0.4) is 0 Å². The first-order valence-electron chi connectivity index (χ1n) is 11.2. The largest absolute Gasteiger partial charge is 0.460 e. The molecule has 0 unspecified atom stereocenters. The Morgan fingerprint density at radius 2 is 2.03 bits per heavy atom. The number of halogens is 1. The van der Waals surface area contributed by atoms with E-state index >= 15 is 0 Å². The van der Waals surface area contributed by atoms with E-state index in [0.717, 1.165) is 47.1 Å². The van der Waals surface area contributed by atoms with Crippen LogP contribution in [0.5, 0.6) is 0 Å². The van der Waals surface area contributed by atoms with Gasteiger partial charge in [0.15, 0.2) is 5.58 Å². The first-order chi connectivity index (χ1) is 15.6. The molecular formula is C26H28BrN3O3. The number of rotatable bonds is 4. The van der Waals surface area contributed by atoms with E-state index in [1.54, 1.807) is 0 Å². The molecule has 6 nitrogen and oxygen atoms in total. The highest BCUT2D eigenvalue weighted by molar-refractivity contribution is 9.10. The number of carbonyl (C=O) groups excluding carboxylic acids is 1. The molecular weight excluding hydrogens is 482 g/mol. The Morgan fingerprint density at radius 3 is 2.70 bits per heavy atom. The predicted molar refractivity (Wildman–Crippen MR) is 130 cm³/mol. The van der Waals surface area contributed by atoms with Crippen molar-refractivity contribution in [2.24, 2.45) is 5.92 Å². The Bertz CT molecular complexity index is 1230. The summed E-state index contributed by atoms with van der Waals surface area (Å²) in [6.45, 7) is 10.0. The van der Waals surface area contributed by atoms with Gasteiger partial charge < -0.3 is 9.15 Å². The van der Waals surface area contributed by atoms with Crippen molar-refractivity contribution in [3.63, 3.8) is 0 Å². The number of nitriles is 1. The Balaban J connectivity index is 1.51. The topological polar surface area (TPSA) is 79.4 Å². The standard InChI is InChI=1S/C26H28BrN3O3/c1-16-20(6-5-7-21(16)27)24-29-22-13-17(12-19(14-28)23(22)32-24)15-30-10-8-18(9-11-30)25(31)33-26(2,3)4/h5-7,12-13,18H,8-11,15H2,1-4H3. The van der Waals surface area contributed by atoms with Gasteiger partial charge in [-0.25, -0.2) is 4.98 Å². The maximum Gasteiger partial charge on any atom is 0.309 e. The van der Waals surface area contributed by atoms with E-state index in [1.807, 2.05) is 58.0 Å². The Labute approximate surface area is 202 Å². The molecule has 1 aliphatic rings. The fraction of sp³-hybridized carbons (Fsp3) is 0.423. The minimum Gasteiger partial charge on any atom is -0.460 e. The highest BCUT2D eigenvalue weighted by Gasteiger charge is 2.29. The summed E-state index contributed by atoms with van der Waals surface area (Å²) >= 11 is 3.55. The number of hydrogen-bond donors (Lipinski definition) is 0. The van der Waals surface area contributed by atoms with Crippen molar-refractivity contribution in [2.45, 2.75) is 52.7 Å². The van der Waals surface area contributed by atoms with Crippen LogP contribution in [0.1, 0.15) is 50.3 Å². The van der Waals surface area contributed by atoms with Crippen LogP contribution in [-0.4, -0.2) is 34.5 Å². The average molecular weight is 510 g/mol. The zero-order valence-corrected chi connectivity index (χ0v) is 21.0. The van der Waals surface area contributed by atoms with Crippen LogP contribution in [0.4, 0.5) is 0 Å². The summed E-state index contributed by atoms with van der Waals surface area (Å²) in [5.74, 6) is 0.355. The summed E-state index contributed by atoms with van der Waals surface area (Å²) in [6, 6.07) is 12.0. The minimum absolute atomic E-state index is 0.0517. The lowest BCUT2D eigenvalue weighted by molar-refractivity contribution is -0.161. The summed E-state index contributed by atoms with van der Waals surface area (Å²) in [5.41, 5.74) is 4.17. The molecule has 0 bridgehead atoms. The molecule has 33 heavy (non-hydrogen) atoms. The lowest BCUT2D eigenvalue weighted by Gasteiger charge is -2.32. The second kappa shape index (κ2) is 9.28. The van der Waals surface area contributed by atoms with E-state index in [-0.39, 0.29) is 11.9 Å². The van der Waals surface area contributed by atoms with Crippen molar-refractivity contribution in [3.8, 4) is 17.5 Å². The Hall–Kier alpha value is -2.69. The SMILES string of the molecule is Cc1c(Br)cccc1-c1nc2cc(CN3CCC(C(=O)OC(C)(C)C)CC3)cc(C#N)c2o1. The van der Waals surface area contributed by atoms with Gasteiger partial charge >= 0.3 is 5.97 Å². The number of likely N-dealkylation sites (tertiary alicyclic amines) is 1. The number of carbonyl (C=O) groups is 1. The van der Waals surface area contributed by atoms with Crippen LogP contribution in [-0.2, 0) is 16.1 Å². The quantitative estimate of drug-likeness (QED) is 0.401. The second-order valence-electron chi connectivity index (χ2n) is 9.62. The Morgan fingerprint density at radius 1 is 1.30 bits per heavy atom. The van der Waals surface area contributed by atoms with Crippen LogP contribution < -0.4 is 0 Å². The second-order valence-corrected chi connectivity index (χ2v) is 10.5. The van der Waals surface area contributed by atoms with Crippen LogP contribution in [0.15, 0.2) is 39.2 Å². The van der Waals surface area contributed by atoms with Gasteiger partial charge in [-0.15, -0.1) is 0 Å². The smallest absolute Gasteiger partial charge is 0.309 e. The highest BCUT2D eigenvalue weighted by Crippen LogP contribution is 2.32. The minimum atomic E-state index is -0.456. The maximum absolute atomic E-state index is 12.4. The van der Waals surface area contributed by atoms with Gasteiger partial charge in [0.25, 0.3) is 0 Å².